The molecule has 1 amide bonds. The summed E-state index contributed by atoms with van der Waals surface area (Å²) in [6.45, 7) is 6.32. The zero-order chi connectivity index (χ0) is 25.9. The summed E-state index contributed by atoms with van der Waals surface area (Å²) in [6.07, 6.45) is 3.82. The van der Waals surface area contributed by atoms with Crippen LogP contribution in [0.1, 0.15) is 56.1 Å². The highest BCUT2D eigenvalue weighted by Crippen LogP contribution is 2.22. The van der Waals surface area contributed by atoms with Crippen LogP contribution in [-0.2, 0) is 6.54 Å². The summed E-state index contributed by atoms with van der Waals surface area (Å²) in [5.74, 6) is -0.421. The number of carbonyl (C=O) groups is 2. The Kier molecular flexibility index (Phi) is 6.47. The van der Waals surface area contributed by atoms with Crippen LogP contribution >= 0.6 is 0 Å². The highest BCUT2D eigenvalue weighted by molar-refractivity contribution is 6.12. The van der Waals surface area contributed by atoms with Crippen molar-refractivity contribution in [2.24, 2.45) is 0 Å². The molecule has 8 heteroatoms. The summed E-state index contributed by atoms with van der Waals surface area (Å²) >= 11 is 0. The van der Waals surface area contributed by atoms with E-state index in [4.69, 9.17) is 0 Å². The number of hydrogen-bond donors (Lipinski definition) is 2. The standard InChI is InChI=1S/C29H26N6O2/c1-4-35-27(15-19(3)34-35)29(37)31-23-10-6-8-20(16-23)28(36)21-11-13-24-25(32-33-26(24)17-21)14-12-22-9-5-7-18(2)30-22/h5-17H,4H2,1-3H3,(H,31,37)(H,32,33). The zero-order valence-corrected chi connectivity index (χ0v) is 20.8. The SMILES string of the molecule is CCn1nc(C)cc1C(=O)Nc1cccc(C(=O)c2ccc3c(C=Cc4cccc(C)n4)n[nH]c3c2)c1. The molecule has 2 aromatic carbocycles. The number of amides is 1. The Labute approximate surface area is 214 Å². The number of pyridine rings is 1. The first-order valence-electron chi connectivity index (χ1n) is 12.0. The maximum Gasteiger partial charge on any atom is 0.273 e. The maximum atomic E-state index is 13.3. The molecular formula is C29H26N6O2. The monoisotopic (exact) mass is 490 g/mol. The molecule has 0 aliphatic heterocycles. The Morgan fingerprint density at radius 3 is 2.57 bits per heavy atom. The van der Waals surface area contributed by atoms with Gasteiger partial charge in [0, 0.05) is 34.4 Å². The number of nitrogens with zero attached hydrogens (tertiary/aromatic N) is 4. The molecule has 184 valence electrons. The molecule has 0 spiro atoms. The van der Waals surface area contributed by atoms with Crippen LogP contribution in [-0.4, -0.2) is 36.7 Å². The number of nitrogens with one attached hydrogen (secondary N) is 2. The number of fused-ring (bicyclic) bond motifs is 1. The third-order valence-electron chi connectivity index (χ3n) is 5.99. The van der Waals surface area contributed by atoms with Gasteiger partial charge in [0.2, 0.25) is 0 Å². The highest BCUT2D eigenvalue weighted by Gasteiger charge is 2.16. The van der Waals surface area contributed by atoms with Crippen LogP contribution in [0.3, 0.4) is 0 Å². The highest BCUT2D eigenvalue weighted by atomic mass is 16.2. The van der Waals surface area contributed by atoms with E-state index in [9.17, 15) is 9.59 Å². The maximum absolute atomic E-state index is 13.3. The van der Waals surface area contributed by atoms with Crippen LogP contribution in [0, 0.1) is 13.8 Å². The number of rotatable bonds is 7. The number of anilines is 1. The van der Waals surface area contributed by atoms with Gasteiger partial charge in [-0.2, -0.15) is 10.2 Å². The van der Waals surface area contributed by atoms with Crippen LogP contribution in [0.4, 0.5) is 5.69 Å². The van der Waals surface area contributed by atoms with E-state index in [0.717, 1.165) is 33.7 Å². The number of H-pyrrole nitrogens is 1. The third-order valence-corrected chi connectivity index (χ3v) is 5.99. The summed E-state index contributed by atoms with van der Waals surface area (Å²) in [5.41, 5.74) is 6.11. The average molecular weight is 491 g/mol. The van der Waals surface area contributed by atoms with Gasteiger partial charge in [0.1, 0.15) is 5.69 Å². The predicted molar refractivity (Wildman–Crippen MR) is 144 cm³/mol. The second kappa shape index (κ2) is 10.0. The van der Waals surface area contributed by atoms with Crippen LogP contribution in [0.25, 0.3) is 23.1 Å². The lowest BCUT2D eigenvalue weighted by atomic mass is 10.0. The molecule has 0 atom stereocenters. The molecule has 5 aromatic rings. The van der Waals surface area contributed by atoms with E-state index in [1.165, 1.54) is 0 Å². The Bertz CT molecular complexity index is 1660. The van der Waals surface area contributed by atoms with E-state index < -0.39 is 0 Å². The fourth-order valence-corrected chi connectivity index (χ4v) is 4.20. The van der Waals surface area contributed by atoms with Gasteiger partial charge in [-0.05, 0) is 75.4 Å². The first kappa shape index (κ1) is 23.9. The molecule has 37 heavy (non-hydrogen) atoms. The largest absolute Gasteiger partial charge is 0.321 e. The van der Waals surface area contributed by atoms with E-state index in [0.29, 0.717) is 29.1 Å². The van der Waals surface area contributed by atoms with Crippen molar-refractivity contribution in [1.29, 1.82) is 0 Å². The molecule has 0 bridgehead atoms. The van der Waals surface area contributed by atoms with Crippen LogP contribution in [0.15, 0.2) is 66.7 Å². The quantitative estimate of drug-likeness (QED) is 0.295. The topological polar surface area (TPSA) is 106 Å². The fourth-order valence-electron chi connectivity index (χ4n) is 4.20. The molecule has 8 nitrogen and oxygen atoms in total. The third kappa shape index (κ3) is 5.08. The second-order valence-corrected chi connectivity index (χ2v) is 8.76. The second-order valence-electron chi connectivity index (χ2n) is 8.76. The number of ketones is 1. The van der Waals surface area contributed by atoms with E-state index in [1.807, 2.05) is 57.2 Å². The number of aromatic nitrogens is 5. The van der Waals surface area contributed by atoms with Crippen LogP contribution in [0.2, 0.25) is 0 Å². The van der Waals surface area contributed by atoms with E-state index >= 15 is 0 Å². The van der Waals surface area contributed by atoms with Gasteiger partial charge in [-0.15, -0.1) is 0 Å². The van der Waals surface area contributed by atoms with Crippen molar-refractivity contribution in [1.82, 2.24) is 25.0 Å². The number of carbonyl (C=O) groups excluding carboxylic acids is 2. The minimum atomic E-state index is -0.271. The van der Waals surface area contributed by atoms with Crippen molar-refractivity contribution >= 4 is 40.4 Å². The molecule has 0 aliphatic carbocycles. The predicted octanol–water partition coefficient (Wildman–Crippen LogP) is 5.44. The molecule has 0 unspecified atom stereocenters. The molecule has 3 heterocycles. The first-order chi connectivity index (χ1) is 17.9. The summed E-state index contributed by atoms with van der Waals surface area (Å²) in [4.78, 5) is 30.5. The van der Waals surface area contributed by atoms with Gasteiger partial charge < -0.3 is 5.32 Å². The van der Waals surface area contributed by atoms with Gasteiger partial charge in [0.25, 0.3) is 5.91 Å². The van der Waals surface area contributed by atoms with Gasteiger partial charge in [-0.3, -0.25) is 24.4 Å². The first-order valence-corrected chi connectivity index (χ1v) is 12.0. The summed E-state index contributed by atoms with van der Waals surface area (Å²) < 4.78 is 1.65. The van der Waals surface area contributed by atoms with Crippen LogP contribution in [0.5, 0.6) is 0 Å². The molecule has 0 saturated carbocycles. The number of aryl methyl sites for hydroxylation is 3. The number of aromatic amines is 1. The van der Waals surface area contributed by atoms with Crippen molar-refractivity contribution < 1.29 is 9.59 Å². The zero-order valence-electron chi connectivity index (χ0n) is 20.8. The molecule has 2 N–H and O–H groups in total. The molecular weight excluding hydrogens is 464 g/mol. The van der Waals surface area contributed by atoms with Crippen molar-refractivity contribution in [3.8, 4) is 0 Å². The van der Waals surface area contributed by atoms with E-state index in [2.05, 4.69) is 25.6 Å². The van der Waals surface area contributed by atoms with Gasteiger partial charge in [-0.1, -0.05) is 24.3 Å². The van der Waals surface area contributed by atoms with E-state index in [-0.39, 0.29) is 11.7 Å². The van der Waals surface area contributed by atoms with Gasteiger partial charge in [0.15, 0.2) is 5.78 Å². The Morgan fingerprint density at radius 1 is 0.946 bits per heavy atom. The van der Waals surface area contributed by atoms with Gasteiger partial charge in [0.05, 0.1) is 22.6 Å². The van der Waals surface area contributed by atoms with Gasteiger partial charge >= 0.3 is 0 Å². The fraction of sp³-hybridized carbons (Fsp3) is 0.138. The summed E-state index contributed by atoms with van der Waals surface area (Å²) in [6, 6.07) is 20.0. The molecule has 5 rings (SSSR count). The van der Waals surface area contributed by atoms with E-state index in [1.54, 1.807) is 47.1 Å². The van der Waals surface area contributed by atoms with Crippen molar-refractivity contribution in [3.63, 3.8) is 0 Å². The lowest BCUT2D eigenvalue weighted by Gasteiger charge is -2.08. The average Bonchev–Trinajstić information content (AvgIpc) is 3.49. The lowest BCUT2D eigenvalue weighted by molar-refractivity contribution is 0.101. The Balaban J connectivity index is 1.35. The summed E-state index contributed by atoms with van der Waals surface area (Å²) in [7, 11) is 0. The molecule has 0 saturated heterocycles. The van der Waals surface area contributed by atoms with Crippen molar-refractivity contribution in [2.45, 2.75) is 27.3 Å². The lowest BCUT2D eigenvalue weighted by Crippen LogP contribution is -2.17. The number of hydrogen-bond acceptors (Lipinski definition) is 5. The summed E-state index contributed by atoms with van der Waals surface area (Å²) in [5, 5.41) is 15.5. The van der Waals surface area contributed by atoms with Gasteiger partial charge in [-0.25, -0.2) is 0 Å². The molecule has 3 aromatic heterocycles. The smallest absolute Gasteiger partial charge is 0.273 e. The minimum absolute atomic E-state index is 0.150. The van der Waals surface area contributed by atoms with Crippen molar-refractivity contribution in [2.75, 3.05) is 5.32 Å². The number of benzene rings is 2. The minimum Gasteiger partial charge on any atom is -0.321 e. The van der Waals surface area contributed by atoms with Crippen LogP contribution < -0.4 is 5.32 Å². The molecule has 0 fully saturated rings. The molecule has 0 radical (unpaired) electrons. The molecule has 0 aliphatic rings. The normalized spacial score (nSPS) is 11.3. The van der Waals surface area contributed by atoms with Crippen molar-refractivity contribution in [3.05, 3.63) is 106 Å². The Hall–Kier alpha value is -4.85. The Morgan fingerprint density at radius 2 is 1.76 bits per heavy atom.